The second-order valence-electron chi connectivity index (χ2n) is 2.63. The van der Waals surface area contributed by atoms with Gasteiger partial charge in [-0.25, -0.2) is 0 Å². The summed E-state index contributed by atoms with van der Waals surface area (Å²) in [5.41, 5.74) is 0.828. The van der Waals surface area contributed by atoms with Gasteiger partial charge in [0.15, 0.2) is 5.75 Å². The zero-order chi connectivity index (χ0) is 10.0. The number of benzene rings is 1. The van der Waals surface area contributed by atoms with Crippen molar-refractivity contribution in [3.8, 4) is 5.75 Å². The van der Waals surface area contributed by atoms with Crippen molar-refractivity contribution < 1.29 is 9.53 Å². The van der Waals surface area contributed by atoms with E-state index in [0.717, 1.165) is 10.0 Å². The van der Waals surface area contributed by atoms with Crippen LogP contribution in [0.4, 0.5) is 0 Å². The predicted octanol–water partition coefficient (Wildman–Crippen LogP) is 3.34. The van der Waals surface area contributed by atoms with Crippen LogP contribution in [0.25, 0.3) is 0 Å². The van der Waals surface area contributed by atoms with Gasteiger partial charge in [-0.15, -0.1) is 0 Å². The first-order valence-corrected chi connectivity index (χ1v) is 4.82. The van der Waals surface area contributed by atoms with Crippen LogP contribution in [-0.2, 0) is 4.79 Å². The lowest BCUT2D eigenvalue weighted by molar-refractivity contribution is -0.131. The van der Waals surface area contributed by atoms with Gasteiger partial charge in [0, 0.05) is 11.4 Å². The highest BCUT2D eigenvalue weighted by Crippen LogP contribution is 2.31. The third-order valence-corrected chi connectivity index (χ3v) is 2.18. The molecule has 0 heterocycles. The molecule has 0 bridgehead atoms. The van der Waals surface area contributed by atoms with Crippen molar-refractivity contribution in [1.29, 1.82) is 0 Å². The molecule has 4 heteroatoms. The summed E-state index contributed by atoms with van der Waals surface area (Å²) in [5, 5.41) is 0.432. The molecule has 1 aromatic carbocycles. The molecule has 0 atom stereocenters. The smallest absolute Gasteiger partial charge is 0.308 e. The SMILES string of the molecule is CC(=O)Oc1c(C)cc(Br)cc1Cl. The zero-order valence-corrected chi connectivity index (χ0v) is 9.57. The van der Waals surface area contributed by atoms with E-state index in [-0.39, 0.29) is 5.97 Å². The van der Waals surface area contributed by atoms with Gasteiger partial charge in [0.2, 0.25) is 0 Å². The highest BCUT2D eigenvalue weighted by Gasteiger charge is 2.08. The van der Waals surface area contributed by atoms with Crippen LogP contribution in [0, 0.1) is 6.92 Å². The van der Waals surface area contributed by atoms with E-state index in [0.29, 0.717) is 10.8 Å². The van der Waals surface area contributed by atoms with E-state index >= 15 is 0 Å². The largest absolute Gasteiger partial charge is 0.425 e. The van der Waals surface area contributed by atoms with Crippen molar-refractivity contribution in [2.45, 2.75) is 13.8 Å². The van der Waals surface area contributed by atoms with Gasteiger partial charge in [-0.2, -0.15) is 0 Å². The molecule has 0 aliphatic rings. The molecule has 0 aliphatic carbocycles. The summed E-state index contributed by atoms with van der Waals surface area (Å²) >= 11 is 9.16. The van der Waals surface area contributed by atoms with Crippen LogP contribution in [0.5, 0.6) is 5.75 Å². The van der Waals surface area contributed by atoms with E-state index in [4.69, 9.17) is 16.3 Å². The summed E-state index contributed by atoms with van der Waals surface area (Å²) in [6, 6.07) is 3.52. The first kappa shape index (κ1) is 10.5. The fourth-order valence-corrected chi connectivity index (χ4v) is 1.97. The Hall–Kier alpha value is -0.540. The third-order valence-electron chi connectivity index (χ3n) is 1.44. The molecule has 70 valence electrons. The summed E-state index contributed by atoms with van der Waals surface area (Å²) in [6.45, 7) is 3.17. The fraction of sp³-hybridized carbons (Fsp3) is 0.222. The van der Waals surface area contributed by atoms with Crippen LogP contribution in [0.2, 0.25) is 5.02 Å². The predicted molar refractivity (Wildman–Crippen MR) is 55.2 cm³/mol. The molecule has 0 saturated carbocycles. The molecule has 0 unspecified atom stereocenters. The van der Waals surface area contributed by atoms with Crippen LogP contribution in [-0.4, -0.2) is 5.97 Å². The van der Waals surface area contributed by atoms with Crippen LogP contribution in [0.1, 0.15) is 12.5 Å². The fourth-order valence-electron chi connectivity index (χ4n) is 0.962. The van der Waals surface area contributed by atoms with Crippen LogP contribution in [0.15, 0.2) is 16.6 Å². The van der Waals surface area contributed by atoms with Crippen molar-refractivity contribution >= 4 is 33.5 Å². The first-order valence-electron chi connectivity index (χ1n) is 3.65. The number of hydrogen-bond donors (Lipinski definition) is 0. The Morgan fingerprint density at radius 2 is 2.15 bits per heavy atom. The third kappa shape index (κ3) is 2.71. The van der Waals surface area contributed by atoms with E-state index in [1.54, 1.807) is 6.07 Å². The Morgan fingerprint density at radius 1 is 1.54 bits per heavy atom. The molecule has 0 saturated heterocycles. The summed E-state index contributed by atoms with van der Waals surface area (Å²) in [4.78, 5) is 10.7. The lowest BCUT2D eigenvalue weighted by Crippen LogP contribution is -2.03. The van der Waals surface area contributed by atoms with Gasteiger partial charge >= 0.3 is 5.97 Å². The van der Waals surface area contributed by atoms with E-state index in [2.05, 4.69) is 15.9 Å². The van der Waals surface area contributed by atoms with E-state index < -0.39 is 0 Å². The molecule has 0 radical (unpaired) electrons. The highest BCUT2D eigenvalue weighted by atomic mass is 79.9. The normalized spacial score (nSPS) is 9.85. The topological polar surface area (TPSA) is 26.3 Å². The van der Waals surface area contributed by atoms with E-state index in [9.17, 15) is 4.79 Å². The molecule has 13 heavy (non-hydrogen) atoms. The summed E-state index contributed by atoms with van der Waals surface area (Å²) in [6.07, 6.45) is 0. The van der Waals surface area contributed by atoms with Crippen LogP contribution >= 0.6 is 27.5 Å². The van der Waals surface area contributed by atoms with Crippen molar-refractivity contribution in [1.82, 2.24) is 0 Å². The average molecular weight is 264 g/mol. The number of ether oxygens (including phenoxy) is 1. The first-order chi connectivity index (χ1) is 6.00. The minimum atomic E-state index is -0.368. The Bertz CT molecular complexity index is 326. The van der Waals surface area contributed by atoms with Gasteiger partial charge in [-0.05, 0) is 24.6 Å². The maximum absolute atomic E-state index is 10.7. The Balaban J connectivity index is 3.13. The van der Waals surface area contributed by atoms with Gasteiger partial charge in [0.1, 0.15) is 0 Å². The molecular formula is C9H8BrClO2. The van der Waals surface area contributed by atoms with E-state index in [1.165, 1.54) is 6.92 Å². The van der Waals surface area contributed by atoms with Crippen LogP contribution < -0.4 is 4.74 Å². The molecule has 1 rings (SSSR count). The zero-order valence-electron chi connectivity index (χ0n) is 7.23. The number of halogens is 2. The lowest BCUT2D eigenvalue weighted by Gasteiger charge is -2.07. The number of carbonyl (C=O) groups excluding carboxylic acids is 1. The van der Waals surface area contributed by atoms with Crippen molar-refractivity contribution in [3.63, 3.8) is 0 Å². The molecule has 0 fully saturated rings. The standard InChI is InChI=1S/C9H8BrClO2/c1-5-3-7(10)4-8(11)9(5)13-6(2)12/h3-4H,1-2H3. The van der Waals surface area contributed by atoms with Gasteiger partial charge < -0.3 is 4.74 Å². The van der Waals surface area contributed by atoms with Gasteiger partial charge in [0.05, 0.1) is 5.02 Å². The van der Waals surface area contributed by atoms with E-state index in [1.807, 2.05) is 13.0 Å². The van der Waals surface area contributed by atoms with Crippen molar-refractivity contribution in [3.05, 3.63) is 27.2 Å². The second-order valence-corrected chi connectivity index (χ2v) is 3.95. The molecular weight excluding hydrogens is 255 g/mol. The number of esters is 1. The highest BCUT2D eigenvalue weighted by molar-refractivity contribution is 9.10. The number of aryl methyl sites for hydroxylation is 1. The summed E-state index contributed by atoms with van der Waals surface area (Å²) in [5.74, 6) is 0.0599. The molecule has 0 N–H and O–H groups in total. The Morgan fingerprint density at radius 3 is 2.62 bits per heavy atom. The van der Waals surface area contributed by atoms with Gasteiger partial charge in [-0.3, -0.25) is 4.79 Å². The quantitative estimate of drug-likeness (QED) is 0.574. The molecule has 0 aromatic heterocycles. The molecule has 1 aromatic rings. The Kier molecular flexibility index (Phi) is 3.33. The Labute approximate surface area is 90.0 Å². The van der Waals surface area contributed by atoms with Crippen LogP contribution in [0.3, 0.4) is 0 Å². The maximum atomic E-state index is 10.7. The average Bonchev–Trinajstić information content (AvgIpc) is 1.96. The number of carbonyl (C=O) groups is 1. The minimum Gasteiger partial charge on any atom is -0.425 e. The molecule has 0 amide bonds. The lowest BCUT2D eigenvalue weighted by atomic mass is 10.2. The van der Waals surface area contributed by atoms with Crippen molar-refractivity contribution in [2.75, 3.05) is 0 Å². The maximum Gasteiger partial charge on any atom is 0.308 e. The van der Waals surface area contributed by atoms with Crippen molar-refractivity contribution in [2.24, 2.45) is 0 Å². The number of rotatable bonds is 1. The molecule has 0 spiro atoms. The second kappa shape index (κ2) is 4.11. The summed E-state index contributed by atoms with van der Waals surface area (Å²) < 4.78 is 5.81. The number of hydrogen-bond acceptors (Lipinski definition) is 2. The molecule has 2 nitrogen and oxygen atoms in total. The molecule has 0 aliphatic heterocycles. The minimum absolute atomic E-state index is 0.368. The van der Waals surface area contributed by atoms with Gasteiger partial charge in [-0.1, -0.05) is 27.5 Å². The summed E-state index contributed by atoms with van der Waals surface area (Å²) in [7, 11) is 0. The van der Waals surface area contributed by atoms with Gasteiger partial charge in [0.25, 0.3) is 0 Å². The monoisotopic (exact) mass is 262 g/mol.